The highest BCUT2D eigenvalue weighted by Gasteiger charge is 2.14. The van der Waals surface area contributed by atoms with E-state index in [9.17, 15) is 0 Å². The predicted octanol–water partition coefficient (Wildman–Crippen LogP) is 15.2. The molecular weight excluding hydrogens is 665 g/mol. The molecule has 0 aliphatic heterocycles. The van der Waals surface area contributed by atoms with Crippen LogP contribution in [0, 0.1) is 27.7 Å². The van der Waals surface area contributed by atoms with E-state index in [0.717, 1.165) is 0 Å². The van der Waals surface area contributed by atoms with Gasteiger partial charge in [-0.15, -0.1) is 22.7 Å². The Balaban J connectivity index is 1.16. The lowest BCUT2D eigenvalue weighted by Crippen LogP contribution is -1.91. The molecule has 0 atom stereocenters. The molecule has 0 nitrogen and oxygen atoms in total. The maximum absolute atomic E-state index is 2.36. The van der Waals surface area contributed by atoms with Crippen molar-refractivity contribution in [3.8, 4) is 44.5 Å². The molecule has 252 valence electrons. The lowest BCUT2D eigenvalue weighted by molar-refractivity contribution is 1.44. The molecule has 0 unspecified atom stereocenters. The number of aryl methyl sites for hydroxylation is 4. The van der Waals surface area contributed by atoms with E-state index < -0.39 is 0 Å². The fraction of sp³-hybridized carbons (Fsp3) is 0.0800. The van der Waals surface area contributed by atoms with Crippen LogP contribution in [0.25, 0.3) is 79.6 Å². The van der Waals surface area contributed by atoms with Crippen molar-refractivity contribution >= 4 is 57.8 Å². The standard InChI is InChI=1S/C50H40S2/c1-33-14-17-37(18-26-42-24-15-35(3)51-42)31-49(33)47-29-28-44(45-12-8-9-13-46(45)47)39-19-21-40(22-20-39)50-30-34(2)48(38-10-6-5-7-11-38)32-41(50)23-27-43-25-16-36(4)52-43/h5-32H,1-4H3. The Labute approximate surface area is 315 Å². The van der Waals surface area contributed by atoms with Gasteiger partial charge in [0.1, 0.15) is 0 Å². The van der Waals surface area contributed by atoms with Crippen molar-refractivity contribution < 1.29 is 0 Å². The number of fused-ring (bicyclic) bond motifs is 1. The summed E-state index contributed by atoms with van der Waals surface area (Å²) in [5.74, 6) is 0. The number of benzene rings is 6. The van der Waals surface area contributed by atoms with E-state index in [1.807, 2.05) is 22.7 Å². The van der Waals surface area contributed by atoms with Crippen LogP contribution in [0.1, 0.15) is 41.8 Å². The average Bonchev–Trinajstić information content (AvgIpc) is 3.80. The summed E-state index contributed by atoms with van der Waals surface area (Å²) < 4.78 is 0. The van der Waals surface area contributed by atoms with E-state index in [1.165, 1.54) is 97.0 Å². The first-order valence-corrected chi connectivity index (χ1v) is 19.5. The molecule has 0 spiro atoms. The van der Waals surface area contributed by atoms with Gasteiger partial charge in [0.25, 0.3) is 0 Å². The third-order valence-corrected chi connectivity index (χ3v) is 11.8. The molecule has 0 radical (unpaired) electrons. The Hall–Kier alpha value is -5.54. The summed E-state index contributed by atoms with van der Waals surface area (Å²) in [5.41, 5.74) is 14.9. The highest BCUT2D eigenvalue weighted by molar-refractivity contribution is 7.13. The minimum atomic E-state index is 1.21. The molecule has 2 heteroatoms. The van der Waals surface area contributed by atoms with Gasteiger partial charge in [-0.25, -0.2) is 0 Å². The summed E-state index contributed by atoms with van der Waals surface area (Å²) in [4.78, 5) is 5.20. The van der Waals surface area contributed by atoms with E-state index in [2.05, 4.69) is 198 Å². The lowest BCUT2D eigenvalue weighted by atomic mass is 9.88. The molecule has 0 aliphatic carbocycles. The molecule has 0 aliphatic rings. The summed E-state index contributed by atoms with van der Waals surface area (Å²) >= 11 is 3.65. The van der Waals surface area contributed by atoms with Crippen LogP contribution in [-0.2, 0) is 0 Å². The third-order valence-electron chi connectivity index (χ3n) is 9.85. The number of thiophene rings is 2. The first-order valence-electron chi connectivity index (χ1n) is 17.8. The molecule has 0 bridgehead atoms. The maximum Gasteiger partial charge on any atom is 0.0273 e. The first-order chi connectivity index (χ1) is 25.4. The van der Waals surface area contributed by atoms with E-state index in [1.54, 1.807) is 0 Å². The van der Waals surface area contributed by atoms with Crippen LogP contribution in [-0.4, -0.2) is 0 Å². The minimum Gasteiger partial charge on any atom is -0.141 e. The molecule has 2 aromatic heterocycles. The number of hydrogen-bond donors (Lipinski definition) is 0. The van der Waals surface area contributed by atoms with Gasteiger partial charge >= 0.3 is 0 Å². The summed E-state index contributed by atoms with van der Waals surface area (Å²) in [7, 11) is 0. The minimum absolute atomic E-state index is 1.21. The zero-order valence-corrected chi connectivity index (χ0v) is 31.6. The third kappa shape index (κ3) is 7.01. The highest BCUT2D eigenvalue weighted by atomic mass is 32.1. The molecule has 8 aromatic rings. The average molecular weight is 705 g/mol. The SMILES string of the molecule is Cc1ccc(C=Cc2ccc(C)c(-c3ccc(-c4ccc(-c5cc(C)c(-c6ccccc6)cc5C=Cc5ccc(C)s5)cc4)c4ccccc34)c2)s1. The van der Waals surface area contributed by atoms with Crippen molar-refractivity contribution in [1.29, 1.82) is 0 Å². The Kier molecular flexibility index (Phi) is 9.43. The van der Waals surface area contributed by atoms with Gasteiger partial charge < -0.3 is 0 Å². The predicted molar refractivity (Wildman–Crippen MR) is 231 cm³/mol. The van der Waals surface area contributed by atoms with E-state index >= 15 is 0 Å². The van der Waals surface area contributed by atoms with E-state index in [-0.39, 0.29) is 0 Å². The molecule has 6 aromatic carbocycles. The molecular formula is C50H40S2. The molecule has 8 rings (SSSR count). The van der Waals surface area contributed by atoms with Crippen LogP contribution in [0.5, 0.6) is 0 Å². The van der Waals surface area contributed by atoms with Gasteiger partial charge in [-0.3, -0.25) is 0 Å². The van der Waals surface area contributed by atoms with Crippen LogP contribution in [0.2, 0.25) is 0 Å². The number of hydrogen-bond acceptors (Lipinski definition) is 2. The Morgan fingerprint density at radius 3 is 1.60 bits per heavy atom. The van der Waals surface area contributed by atoms with Crippen LogP contribution < -0.4 is 0 Å². The van der Waals surface area contributed by atoms with Crippen LogP contribution in [0.3, 0.4) is 0 Å². The van der Waals surface area contributed by atoms with Gasteiger partial charge in [-0.2, -0.15) is 0 Å². The maximum atomic E-state index is 2.36. The van der Waals surface area contributed by atoms with E-state index in [4.69, 9.17) is 0 Å². The van der Waals surface area contributed by atoms with Gasteiger partial charge in [0.2, 0.25) is 0 Å². The largest absolute Gasteiger partial charge is 0.141 e. The quantitative estimate of drug-likeness (QED) is 0.148. The topological polar surface area (TPSA) is 0 Å². The summed E-state index contributed by atoms with van der Waals surface area (Å²) in [6.07, 6.45) is 8.98. The molecule has 0 amide bonds. The van der Waals surface area contributed by atoms with Crippen molar-refractivity contribution in [3.63, 3.8) is 0 Å². The second-order valence-corrected chi connectivity index (χ2v) is 16.2. The van der Waals surface area contributed by atoms with Crippen molar-refractivity contribution in [1.82, 2.24) is 0 Å². The van der Waals surface area contributed by atoms with Gasteiger partial charge in [0, 0.05) is 19.5 Å². The van der Waals surface area contributed by atoms with Gasteiger partial charge in [0.15, 0.2) is 0 Å². The Morgan fingerprint density at radius 2 is 0.942 bits per heavy atom. The molecule has 0 saturated carbocycles. The van der Waals surface area contributed by atoms with Crippen molar-refractivity contribution in [2.24, 2.45) is 0 Å². The molecule has 2 heterocycles. The molecule has 0 fully saturated rings. The molecule has 0 saturated heterocycles. The smallest absolute Gasteiger partial charge is 0.0273 e. The first kappa shape index (κ1) is 33.6. The van der Waals surface area contributed by atoms with Crippen molar-refractivity contribution in [3.05, 3.63) is 187 Å². The second kappa shape index (κ2) is 14.6. The van der Waals surface area contributed by atoms with Gasteiger partial charge in [0.05, 0.1) is 0 Å². The molecule has 52 heavy (non-hydrogen) atoms. The summed E-state index contributed by atoms with van der Waals surface area (Å²) in [6.45, 7) is 8.76. The summed E-state index contributed by atoms with van der Waals surface area (Å²) in [6, 6.07) is 53.6. The molecule has 0 N–H and O–H groups in total. The highest BCUT2D eigenvalue weighted by Crippen LogP contribution is 2.39. The number of rotatable bonds is 8. The van der Waals surface area contributed by atoms with Gasteiger partial charge in [-0.05, 0) is 154 Å². The zero-order chi connectivity index (χ0) is 35.6. The van der Waals surface area contributed by atoms with Crippen LogP contribution in [0.4, 0.5) is 0 Å². The van der Waals surface area contributed by atoms with Crippen LogP contribution in [0.15, 0.2) is 146 Å². The van der Waals surface area contributed by atoms with Crippen molar-refractivity contribution in [2.45, 2.75) is 27.7 Å². The van der Waals surface area contributed by atoms with E-state index in [0.29, 0.717) is 0 Å². The fourth-order valence-corrected chi connectivity index (χ4v) is 8.69. The van der Waals surface area contributed by atoms with Crippen LogP contribution >= 0.6 is 22.7 Å². The monoisotopic (exact) mass is 704 g/mol. The normalized spacial score (nSPS) is 11.7. The Bertz CT molecular complexity index is 2590. The Morgan fingerprint density at radius 1 is 0.365 bits per heavy atom. The lowest BCUT2D eigenvalue weighted by Gasteiger charge is -2.16. The summed E-state index contributed by atoms with van der Waals surface area (Å²) in [5, 5.41) is 2.53. The second-order valence-electron chi connectivity index (χ2n) is 13.5. The zero-order valence-electron chi connectivity index (χ0n) is 30.0. The van der Waals surface area contributed by atoms with Gasteiger partial charge in [-0.1, -0.05) is 121 Å². The van der Waals surface area contributed by atoms with Crippen molar-refractivity contribution in [2.75, 3.05) is 0 Å². The fourth-order valence-electron chi connectivity index (χ4n) is 7.13.